The SMILES string of the molecule is CCC[CH]Cc1ccc(CC)cc1. The Kier molecular flexibility index (Phi) is 4.59. The molecule has 0 unspecified atom stereocenters. The van der Waals surface area contributed by atoms with Crippen LogP contribution >= 0.6 is 0 Å². The molecule has 1 rings (SSSR count). The van der Waals surface area contributed by atoms with Crippen LogP contribution in [0.5, 0.6) is 0 Å². The van der Waals surface area contributed by atoms with Gasteiger partial charge in [0.05, 0.1) is 0 Å². The second-order valence-corrected chi connectivity index (χ2v) is 3.45. The lowest BCUT2D eigenvalue weighted by atomic mass is 10.0. The Morgan fingerprint density at radius 3 is 2.15 bits per heavy atom. The van der Waals surface area contributed by atoms with Crippen molar-refractivity contribution in [3.8, 4) is 0 Å². The van der Waals surface area contributed by atoms with Gasteiger partial charge in [-0.15, -0.1) is 0 Å². The number of unbranched alkanes of at least 4 members (excludes halogenated alkanes) is 2. The van der Waals surface area contributed by atoms with E-state index in [9.17, 15) is 0 Å². The average molecular weight is 175 g/mol. The van der Waals surface area contributed by atoms with E-state index in [-0.39, 0.29) is 0 Å². The lowest BCUT2D eigenvalue weighted by Crippen LogP contribution is -1.87. The van der Waals surface area contributed by atoms with Crippen molar-refractivity contribution in [1.29, 1.82) is 0 Å². The summed E-state index contributed by atoms with van der Waals surface area (Å²) in [4.78, 5) is 0. The zero-order chi connectivity index (χ0) is 9.52. The summed E-state index contributed by atoms with van der Waals surface area (Å²) in [7, 11) is 0. The van der Waals surface area contributed by atoms with Crippen LogP contribution < -0.4 is 0 Å². The molecular formula is C13H19. The Bertz CT molecular complexity index is 220. The fourth-order valence-electron chi connectivity index (χ4n) is 1.38. The van der Waals surface area contributed by atoms with Crippen LogP contribution in [-0.2, 0) is 12.8 Å². The highest BCUT2D eigenvalue weighted by atomic mass is 14.0. The van der Waals surface area contributed by atoms with Crippen molar-refractivity contribution in [2.75, 3.05) is 0 Å². The smallest absolute Gasteiger partial charge is 0.0248 e. The van der Waals surface area contributed by atoms with Crippen LogP contribution in [0.2, 0.25) is 0 Å². The molecule has 0 spiro atoms. The van der Waals surface area contributed by atoms with Gasteiger partial charge in [-0.2, -0.15) is 0 Å². The van der Waals surface area contributed by atoms with E-state index in [1.54, 1.807) is 0 Å². The molecule has 13 heavy (non-hydrogen) atoms. The van der Waals surface area contributed by atoms with Gasteiger partial charge in [0.2, 0.25) is 0 Å². The molecule has 1 aromatic carbocycles. The van der Waals surface area contributed by atoms with E-state index in [1.165, 1.54) is 24.0 Å². The molecule has 0 aliphatic heterocycles. The molecule has 0 aromatic heterocycles. The van der Waals surface area contributed by atoms with Gasteiger partial charge in [0, 0.05) is 0 Å². The molecule has 1 radical (unpaired) electrons. The molecule has 0 aliphatic carbocycles. The van der Waals surface area contributed by atoms with Crippen molar-refractivity contribution in [2.24, 2.45) is 0 Å². The first-order valence-corrected chi connectivity index (χ1v) is 5.26. The van der Waals surface area contributed by atoms with Crippen molar-refractivity contribution in [2.45, 2.75) is 39.5 Å². The Balaban J connectivity index is 2.40. The number of hydrogen-bond donors (Lipinski definition) is 0. The summed E-state index contributed by atoms with van der Waals surface area (Å²) in [6.07, 6.45) is 7.11. The van der Waals surface area contributed by atoms with Gasteiger partial charge in [-0.3, -0.25) is 0 Å². The van der Waals surface area contributed by atoms with E-state index in [2.05, 4.69) is 44.5 Å². The van der Waals surface area contributed by atoms with E-state index in [0.717, 1.165) is 12.8 Å². The van der Waals surface area contributed by atoms with Gasteiger partial charge in [0.15, 0.2) is 0 Å². The van der Waals surface area contributed by atoms with E-state index in [1.807, 2.05) is 0 Å². The van der Waals surface area contributed by atoms with Gasteiger partial charge < -0.3 is 0 Å². The van der Waals surface area contributed by atoms with Crippen molar-refractivity contribution < 1.29 is 0 Å². The van der Waals surface area contributed by atoms with Crippen molar-refractivity contribution in [3.63, 3.8) is 0 Å². The Morgan fingerprint density at radius 2 is 1.62 bits per heavy atom. The van der Waals surface area contributed by atoms with Crippen molar-refractivity contribution >= 4 is 0 Å². The zero-order valence-corrected chi connectivity index (χ0v) is 8.72. The highest BCUT2D eigenvalue weighted by Crippen LogP contribution is 2.08. The summed E-state index contributed by atoms with van der Waals surface area (Å²) >= 11 is 0. The topological polar surface area (TPSA) is 0 Å². The molecule has 0 amide bonds. The molecule has 0 saturated heterocycles. The Labute approximate surface area is 82.0 Å². The minimum absolute atomic E-state index is 1.12. The van der Waals surface area contributed by atoms with Gasteiger partial charge >= 0.3 is 0 Å². The normalized spacial score (nSPS) is 10.3. The van der Waals surface area contributed by atoms with Gasteiger partial charge in [0.1, 0.15) is 0 Å². The fraction of sp³-hybridized carbons (Fsp3) is 0.462. The van der Waals surface area contributed by atoms with Crippen molar-refractivity contribution in [1.82, 2.24) is 0 Å². The van der Waals surface area contributed by atoms with Crippen LogP contribution in [0.3, 0.4) is 0 Å². The lowest BCUT2D eigenvalue weighted by molar-refractivity contribution is 0.864. The first-order valence-electron chi connectivity index (χ1n) is 5.26. The summed E-state index contributed by atoms with van der Waals surface area (Å²) in [5.41, 5.74) is 2.87. The maximum atomic E-state index is 2.36. The third-order valence-corrected chi connectivity index (χ3v) is 2.30. The minimum Gasteiger partial charge on any atom is -0.0654 e. The number of aryl methyl sites for hydroxylation is 1. The zero-order valence-electron chi connectivity index (χ0n) is 8.72. The number of rotatable bonds is 5. The summed E-state index contributed by atoms with van der Waals surface area (Å²) in [5, 5.41) is 0. The van der Waals surface area contributed by atoms with Gasteiger partial charge in [-0.1, -0.05) is 51.0 Å². The van der Waals surface area contributed by atoms with Gasteiger partial charge in [0.25, 0.3) is 0 Å². The summed E-state index contributed by atoms with van der Waals surface area (Å²) in [6.45, 7) is 4.41. The Hall–Kier alpha value is -0.780. The highest BCUT2D eigenvalue weighted by molar-refractivity contribution is 5.23. The average Bonchev–Trinajstić information content (AvgIpc) is 2.19. The number of benzene rings is 1. The van der Waals surface area contributed by atoms with Gasteiger partial charge in [-0.25, -0.2) is 0 Å². The molecule has 0 heterocycles. The van der Waals surface area contributed by atoms with E-state index in [0.29, 0.717) is 0 Å². The molecule has 71 valence electrons. The first-order chi connectivity index (χ1) is 6.36. The van der Waals surface area contributed by atoms with Crippen LogP contribution in [0.1, 0.15) is 37.8 Å². The van der Waals surface area contributed by atoms with E-state index in [4.69, 9.17) is 0 Å². The maximum Gasteiger partial charge on any atom is -0.0248 e. The van der Waals surface area contributed by atoms with Crippen LogP contribution in [-0.4, -0.2) is 0 Å². The molecule has 0 nitrogen and oxygen atoms in total. The third-order valence-electron chi connectivity index (χ3n) is 2.30. The van der Waals surface area contributed by atoms with Crippen LogP contribution in [0, 0.1) is 6.42 Å². The van der Waals surface area contributed by atoms with Crippen LogP contribution in [0.15, 0.2) is 24.3 Å². The van der Waals surface area contributed by atoms with E-state index < -0.39 is 0 Å². The molecule has 1 aromatic rings. The van der Waals surface area contributed by atoms with Crippen LogP contribution in [0.4, 0.5) is 0 Å². The first kappa shape index (κ1) is 10.3. The van der Waals surface area contributed by atoms with E-state index >= 15 is 0 Å². The minimum atomic E-state index is 1.12. The van der Waals surface area contributed by atoms with Gasteiger partial charge in [-0.05, 0) is 30.4 Å². The van der Waals surface area contributed by atoms with Crippen LogP contribution in [0.25, 0.3) is 0 Å². The maximum absolute atomic E-state index is 2.36. The molecular weight excluding hydrogens is 156 g/mol. The highest BCUT2D eigenvalue weighted by Gasteiger charge is 1.93. The predicted octanol–water partition coefficient (Wildman–Crippen LogP) is 3.80. The molecule has 0 atom stereocenters. The summed E-state index contributed by atoms with van der Waals surface area (Å²) in [6, 6.07) is 8.94. The second-order valence-electron chi connectivity index (χ2n) is 3.45. The quantitative estimate of drug-likeness (QED) is 0.597. The Morgan fingerprint density at radius 1 is 1.00 bits per heavy atom. The summed E-state index contributed by atoms with van der Waals surface area (Å²) in [5.74, 6) is 0. The molecule has 0 saturated carbocycles. The van der Waals surface area contributed by atoms with Crippen molar-refractivity contribution in [3.05, 3.63) is 41.8 Å². The number of hydrogen-bond acceptors (Lipinski definition) is 0. The molecule has 0 heteroatoms. The third kappa shape index (κ3) is 3.63. The molecule has 0 N–H and O–H groups in total. The molecule has 0 bridgehead atoms. The largest absolute Gasteiger partial charge is 0.0654 e. The second kappa shape index (κ2) is 5.80. The lowest BCUT2D eigenvalue weighted by Gasteiger charge is -2.01. The standard InChI is InChI=1S/C13H19/c1-3-5-6-7-13-10-8-12(4-2)9-11-13/h6,8-11H,3-5,7H2,1-2H3. The molecule has 0 aliphatic rings. The monoisotopic (exact) mass is 175 g/mol. The molecule has 0 fully saturated rings. The fourth-order valence-corrected chi connectivity index (χ4v) is 1.38. The summed E-state index contributed by atoms with van der Waals surface area (Å²) < 4.78 is 0. The predicted molar refractivity (Wildman–Crippen MR) is 58.7 cm³/mol.